The van der Waals surface area contributed by atoms with E-state index in [-0.39, 0.29) is 0 Å². The van der Waals surface area contributed by atoms with Crippen LogP contribution in [0.4, 0.5) is 0 Å². The van der Waals surface area contributed by atoms with Crippen LogP contribution in [0.25, 0.3) is 0 Å². The molecular weight excluding hydrogens is 326 g/mol. The Labute approximate surface area is 158 Å². The SMILES string of the molecule is CCNC(=NCc1ccccc1CC)NCCCOCC1CCOCC1. The fourth-order valence-corrected chi connectivity index (χ4v) is 3.11. The number of nitrogens with one attached hydrogen (secondary N) is 2. The van der Waals surface area contributed by atoms with Crippen molar-refractivity contribution in [1.29, 1.82) is 0 Å². The van der Waals surface area contributed by atoms with E-state index >= 15 is 0 Å². The van der Waals surface area contributed by atoms with Gasteiger partial charge in [0.05, 0.1) is 6.54 Å². The van der Waals surface area contributed by atoms with Gasteiger partial charge >= 0.3 is 0 Å². The van der Waals surface area contributed by atoms with E-state index in [0.29, 0.717) is 12.5 Å². The third-order valence-corrected chi connectivity index (χ3v) is 4.70. The third-order valence-electron chi connectivity index (χ3n) is 4.70. The van der Waals surface area contributed by atoms with Gasteiger partial charge in [0.15, 0.2) is 5.96 Å². The number of ether oxygens (including phenoxy) is 2. The Bertz CT molecular complexity index is 528. The molecule has 1 saturated heterocycles. The van der Waals surface area contributed by atoms with Crippen molar-refractivity contribution in [2.45, 2.75) is 46.1 Å². The molecule has 0 bridgehead atoms. The lowest BCUT2D eigenvalue weighted by molar-refractivity contribution is 0.0203. The van der Waals surface area contributed by atoms with E-state index in [2.05, 4.69) is 48.7 Å². The van der Waals surface area contributed by atoms with Crippen molar-refractivity contribution in [3.05, 3.63) is 35.4 Å². The van der Waals surface area contributed by atoms with E-state index in [9.17, 15) is 0 Å². The van der Waals surface area contributed by atoms with E-state index in [4.69, 9.17) is 14.5 Å². The first-order valence-electron chi connectivity index (χ1n) is 10.1. The lowest BCUT2D eigenvalue weighted by atomic mass is 10.0. The van der Waals surface area contributed by atoms with Gasteiger partial charge in [-0.05, 0) is 49.7 Å². The number of aryl methyl sites for hydroxylation is 1. The van der Waals surface area contributed by atoms with Gasteiger partial charge in [0, 0.05) is 39.5 Å². The van der Waals surface area contributed by atoms with Crippen LogP contribution in [-0.2, 0) is 22.4 Å². The Hall–Kier alpha value is -1.59. The average Bonchev–Trinajstić information content (AvgIpc) is 2.69. The van der Waals surface area contributed by atoms with Crippen molar-refractivity contribution in [2.24, 2.45) is 10.9 Å². The lowest BCUT2D eigenvalue weighted by Gasteiger charge is -2.21. The van der Waals surface area contributed by atoms with E-state index in [1.165, 1.54) is 11.1 Å². The summed E-state index contributed by atoms with van der Waals surface area (Å²) >= 11 is 0. The zero-order chi connectivity index (χ0) is 18.5. The van der Waals surface area contributed by atoms with E-state index in [1.807, 2.05) is 0 Å². The molecule has 1 aliphatic heterocycles. The second kappa shape index (κ2) is 12.7. The zero-order valence-electron chi connectivity index (χ0n) is 16.4. The third kappa shape index (κ3) is 7.75. The van der Waals surface area contributed by atoms with Crippen molar-refractivity contribution < 1.29 is 9.47 Å². The standard InChI is InChI=1S/C21H35N3O2/c1-3-19-8-5-6-9-20(19)16-24-21(22-4-2)23-12-7-13-26-17-18-10-14-25-15-11-18/h5-6,8-9,18H,3-4,7,10-17H2,1-2H3,(H2,22,23,24). The van der Waals surface area contributed by atoms with Crippen molar-refractivity contribution >= 4 is 5.96 Å². The summed E-state index contributed by atoms with van der Waals surface area (Å²) in [5.41, 5.74) is 2.67. The maximum atomic E-state index is 5.82. The maximum absolute atomic E-state index is 5.82. The topological polar surface area (TPSA) is 54.9 Å². The summed E-state index contributed by atoms with van der Waals surface area (Å²) in [7, 11) is 0. The lowest BCUT2D eigenvalue weighted by Crippen LogP contribution is -2.38. The molecule has 5 heteroatoms. The van der Waals surface area contributed by atoms with Crippen LogP contribution in [0.3, 0.4) is 0 Å². The number of guanidine groups is 1. The number of aliphatic imine (C=N–C) groups is 1. The number of rotatable bonds is 10. The number of hydrogen-bond acceptors (Lipinski definition) is 3. The minimum Gasteiger partial charge on any atom is -0.381 e. The Morgan fingerprint density at radius 3 is 2.65 bits per heavy atom. The molecule has 0 saturated carbocycles. The normalized spacial score (nSPS) is 15.8. The molecule has 1 aromatic carbocycles. The van der Waals surface area contributed by atoms with Crippen LogP contribution in [-0.4, -0.2) is 45.5 Å². The largest absolute Gasteiger partial charge is 0.381 e. The van der Waals surface area contributed by atoms with E-state index in [1.54, 1.807) is 0 Å². The molecule has 0 amide bonds. The van der Waals surface area contributed by atoms with Crippen LogP contribution in [0.2, 0.25) is 0 Å². The predicted molar refractivity (Wildman–Crippen MR) is 108 cm³/mol. The highest BCUT2D eigenvalue weighted by Gasteiger charge is 2.13. The zero-order valence-corrected chi connectivity index (χ0v) is 16.4. The van der Waals surface area contributed by atoms with Gasteiger partial charge in [0.25, 0.3) is 0 Å². The van der Waals surface area contributed by atoms with Gasteiger partial charge in [-0.25, -0.2) is 4.99 Å². The summed E-state index contributed by atoms with van der Waals surface area (Å²) in [5.74, 6) is 1.55. The molecule has 1 aromatic rings. The van der Waals surface area contributed by atoms with Crippen molar-refractivity contribution in [3.63, 3.8) is 0 Å². The highest BCUT2D eigenvalue weighted by Crippen LogP contribution is 2.14. The highest BCUT2D eigenvalue weighted by molar-refractivity contribution is 5.79. The molecule has 2 rings (SSSR count). The molecule has 0 spiro atoms. The first kappa shape index (κ1) is 20.7. The van der Waals surface area contributed by atoms with Gasteiger partial charge in [-0.15, -0.1) is 0 Å². The van der Waals surface area contributed by atoms with Crippen molar-refractivity contribution in [1.82, 2.24) is 10.6 Å². The summed E-state index contributed by atoms with van der Waals surface area (Å²) in [6.45, 7) is 10.2. The maximum Gasteiger partial charge on any atom is 0.191 e. The van der Waals surface area contributed by atoms with Crippen LogP contribution in [0, 0.1) is 5.92 Å². The van der Waals surface area contributed by atoms with E-state index in [0.717, 1.165) is 71.2 Å². The molecule has 2 N–H and O–H groups in total. The molecule has 0 atom stereocenters. The van der Waals surface area contributed by atoms with Gasteiger partial charge in [-0.1, -0.05) is 31.2 Å². The molecule has 1 aliphatic rings. The Balaban J connectivity index is 1.66. The fourth-order valence-electron chi connectivity index (χ4n) is 3.11. The Kier molecular flexibility index (Phi) is 10.1. The molecule has 5 nitrogen and oxygen atoms in total. The summed E-state index contributed by atoms with van der Waals surface area (Å²) in [6, 6.07) is 8.52. The Morgan fingerprint density at radius 1 is 1.15 bits per heavy atom. The van der Waals surface area contributed by atoms with Gasteiger partial charge in [-0.3, -0.25) is 0 Å². The van der Waals surface area contributed by atoms with Gasteiger partial charge in [-0.2, -0.15) is 0 Å². The summed E-state index contributed by atoms with van der Waals surface area (Å²) in [5, 5.41) is 6.72. The van der Waals surface area contributed by atoms with Crippen LogP contribution in [0.1, 0.15) is 44.2 Å². The monoisotopic (exact) mass is 361 g/mol. The molecule has 0 aliphatic carbocycles. The second-order valence-electron chi connectivity index (χ2n) is 6.73. The molecule has 26 heavy (non-hydrogen) atoms. The molecule has 0 radical (unpaired) electrons. The summed E-state index contributed by atoms with van der Waals surface area (Å²) in [6.07, 6.45) is 4.29. The second-order valence-corrected chi connectivity index (χ2v) is 6.73. The molecular formula is C21H35N3O2. The number of nitrogens with zero attached hydrogens (tertiary/aromatic N) is 1. The minimum atomic E-state index is 0.675. The van der Waals surface area contributed by atoms with Gasteiger partial charge < -0.3 is 20.1 Å². The highest BCUT2D eigenvalue weighted by atomic mass is 16.5. The van der Waals surface area contributed by atoms with E-state index < -0.39 is 0 Å². The smallest absolute Gasteiger partial charge is 0.191 e. The Morgan fingerprint density at radius 2 is 1.92 bits per heavy atom. The molecule has 1 heterocycles. The first-order chi connectivity index (χ1) is 12.8. The van der Waals surface area contributed by atoms with Crippen LogP contribution < -0.4 is 10.6 Å². The van der Waals surface area contributed by atoms with Gasteiger partial charge in [0.1, 0.15) is 0 Å². The van der Waals surface area contributed by atoms with Crippen molar-refractivity contribution in [2.75, 3.05) is 39.5 Å². The van der Waals surface area contributed by atoms with Crippen LogP contribution >= 0.6 is 0 Å². The molecule has 0 unspecified atom stereocenters. The molecule has 0 aromatic heterocycles. The summed E-state index contributed by atoms with van der Waals surface area (Å²) < 4.78 is 11.2. The van der Waals surface area contributed by atoms with Gasteiger partial charge in [0.2, 0.25) is 0 Å². The first-order valence-corrected chi connectivity index (χ1v) is 10.1. The fraction of sp³-hybridized carbons (Fsp3) is 0.667. The quantitative estimate of drug-likeness (QED) is 0.382. The van der Waals surface area contributed by atoms with Crippen LogP contribution in [0.5, 0.6) is 0 Å². The average molecular weight is 362 g/mol. The minimum absolute atomic E-state index is 0.675. The number of hydrogen-bond donors (Lipinski definition) is 2. The molecule has 146 valence electrons. The number of benzene rings is 1. The summed E-state index contributed by atoms with van der Waals surface area (Å²) in [4.78, 5) is 4.72. The molecule has 1 fully saturated rings. The van der Waals surface area contributed by atoms with Crippen LogP contribution in [0.15, 0.2) is 29.3 Å². The predicted octanol–water partition coefficient (Wildman–Crippen LogP) is 3.14. The van der Waals surface area contributed by atoms with Crippen molar-refractivity contribution in [3.8, 4) is 0 Å².